The summed E-state index contributed by atoms with van der Waals surface area (Å²) in [5, 5.41) is 9.11. The maximum Gasteiger partial charge on any atom is 0.433 e. The summed E-state index contributed by atoms with van der Waals surface area (Å²) in [7, 11) is 0. The lowest BCUT2D eigenvalue weighted by Crippen LogP contribution is -2.31. The van der Waals surface area contributed by atoms with Gasteiger partial charge in [-0.25, -0.2) is 4.98 Å². The van der Waals surface area contributed by atoms with Gasteiger partial charge in [0.05, 0.1) is 5.56 Å². The Balaban J connectivity index is 3.20. The van der Waals surface area contributed by atoms with Crippen molar-refractivity contribution in [1.29, 1.82) is 5.26 Å². The second-order valence-electron chi connectivity index (χ2n) is 4.90. The molecule has 1 aromatic heterocycles. The van der Waals surface area contributed by atoms with E-state index >= 15 is 0 Å². The number of halogens is 3. The minimum absolute atomic E-state index is 0.127. The summed E-state index contributed by atoms with van der Waals surface area (Å²) >= 11 is 0. The van der Waals surface area contributed by atoms with Crippen LogP contribution in [0.2, 0.25) is 0 Å². The minimum atomic E-state index is -4.50. The van der Waals surface area contributed by atoms with Gasteiger partial charge in [0.2, 0.25) is 0 Å². The van der Waals surface area contributed by atoms with Crippen molar-refractivity contribution in [3.63, 3.8) is 0 Å². The van der Waals surface area contributed by atoms with Gasteiger partial charge in [-0.1, -0.05) is 26.7 Å². The largest absolute Gasteiger partial charge is 0.433 e. The first-order chi connectivity index (χ1) is 9.87. The molecule has 1 aromatic rings. The average molecular weight is 299 g/mol. The van der Waals surface area contributed by atoms with Gasteiger partial charge in [0, 0.05) is 13.1 Å². The average Bonchev–Trinajstić information content (AvgIpc) is 2.47. The maximum absolute atomic E-state index is 12.8. The van der Waals surface area contributed by atoms with E-state index in [4.69, 9.17) is 5.26 Å². The van der Waals surface area contributed by atoms with Crippen LogP contribution in [0.15, 0.2) is 12.1 Å². The zero-order valence-electron chi connectivity index (χ0n) is 12.5. The number of pyridine rings is 1. The van der Waals surface area contributed by atoms with Crippen molar-refractivity contribution in [3.05, 3.63) is 23.4 Å². The molecule has 1 rings (SSSR count). The van der Waals surface area contributed by atoms with Gasteiger partial charge in [-0.3, -0.25) is 0 Å². The molecular weight excluding hydrogens is 279 g/mol. The standard InChI is InChI=1S/C15H20F3N3/c1-4-11(5-2)10-21(6-3)14-12(9-19)7-8-13(20-14)15(16,17)18/h7-8,11H,4-6,10H2,1-3H3. The summed E-state index contributed by atoms with van der Waals surface area (Å²) in [6, 6.07) is 3.98. The first-order valence-electron chi connectivity index (χ1n) is 7.10. The number of alkyl halides is 3. The molecule has 0 spiro atoms. The Morgan fingerprint density at radius 2 is 1.86 bits per heavy atom. The Bertz CT molecular complexity index is 502. The fourth-order valence-electron chi connectivity index (χ4n) is 2.16. The fraction of sp³-hybridized carbons (Fsp3) is 0.600. The molecule has 116 valence electrons. The lowest BCUT2D eigenvalue weighted by molar-refractivity contribution is -0.141. The normalized spacial score (nSPS) is 11.5. The third kappa shape index (κ3) is 4.35. The van der Waals surface area contributed by atoms with Crippen LogP contribution in [0.4, 0.5) is 19.0 Å². The van der Waals surface area contributed by atoms with Crippen LogP contribution in [-0.2, 0) is 6.18 Å². The van der Waals surface area contributed by atoms with E-state index in [2.05, 4.69) is 4.98 Å². The van der Waals surface area contributed by atoms with E-state index in [1.165, 1.54) is 6.07 Å². The molecule has 0 atom stereocenters. The van der Waals surface area contributed by atoms with Crippen molar-refractivity contribution >= 4 is 5.82 Å². The van der Waals surface area contributed by atoms with Crippen LogP contribution in [0, 0.1) is 17.2 Å². The fourth-order valence-corrected chi connectivity index (χ4v) is 2.16. The van der Waals surface area contributed by atoms with E-state index < -0.39 is 11.9 Å². The van der Waals surface area contributed by atoms with Crippen molar-refractivity contribution in [1.82, 2.24) is 4.98 Å². The smallest absolute Gasteiger partial charge is 0.356 e. The SMILES string of the molecule is CCC(CC)CN(CC)c1nc(C(F)(F)F)ccc1C#N. The molecule has 0 radical (unpaired) electrons. The second-order valence-corrected chi connectivity index (χ2v) is 4.90. The summed E-state index contributed by atoms with van der Waals surface area (Å²) in [5.74, 6) is 0.495. The topological polar surface area (TPSA) is 39.9 Å². The van der Waals surface area contributed by atoms with Crippen LogP contribution < -0.4 is 4.90 Å². The van der Waals surface area contributed by atoms with E-state index in [1.54, 1.807) is 4.90 Å². The van der Waals surface area contributed by atoms with Crippen LogP contribution in [0.1, 0.15) is 44.9 Å². The Morgan fingerprint density at radius 1 is 1.24 bits per heavy atom. The molecule has 0 bridgehead atoms. The van der Waals surface area contributed by atoms with Crippen LogP contribution in [0.25, 0.3) is 0 Å². The summed E-state index contributed by atoms with van der Waals surface area (Å²) in [4.78, 5) is 5.44. The number of anilines is 1. The summed E-state index contributed by atoms with van der Waals surface area (Å²) in [6.45, 7) is 7.07. The number of rotatable bonds is 6. The Morgan fingerprint density at radius 3 is 2.29 bits per heavy atom. The van der Waals surface area contributed by atoms with Crippen molar-refractivity contribution in [2.45, 2.75) is 39.8 Å². The predicted octanol–water partition coefficient (Wildman–Crippen LogP) is 4.23. The lowest BCUT2D eigenvalue weighted by atomic mass is 10.0. The maximum atomic E-state index is 12.8. The number of hydrogen-bond donors (Lipinski definition) is 0. The number of nitriles is 1. The molecule has 6 heteroatoms. The molecule has 0 saturated heterocycles. The molecule has 0 fully saturated rings. The quantitative estimate of drug-likeness (QED) is 0.789. The molecule has 0 unspecified atom stereocenters. The van der Waals surface area contributed by atoms with Gasteiger partial charge in [0.1, 0.15) is 17.6 Å². The Kier molecular flexibility index (Phi) is 6.01. The molecule has 21 heavy (non-hydrogen) atoms. The molecule has 3 nitrogen and oxygen atoms in total. The predicted molar refractivity (Wildman–Crippen MR) is 75.9 cm³/mol. The summed E-state index contributed by atoms with van der Waals surface area (Å²) in [5.41, 5.74) is -0.782. The van der Waals surface area contributed by atoms with E-state index in [1.807, 2.05) is 26.8 Å². The van der Waals surface area contributed by atoms with E-state index in [9.17, 15) is 13.2 Å². The summed E-state index contributed by atoms with van der Waals surface area (Å²) in [6.07, 6.45) is -2.63. The molecular formula is C15H20F3N3. The first kappa shape index (κ1) is 17.3. The molecule has 0 aliphatic rings. The minimum Gasteiger partial charge on any atom is -0.356 e. The lowest BCUT2D eigenvalue weighted by Gasteiger charge is -2.27. The second kappa shape index (κ2) is 7.30. The third-order valence-corrected chi connectivity index (χ3v) is 3.60. The van der Waals surface area contributed by atoms with Gasteiger partial charge in [0.25, 0.3) is 0 Å². The Labute approximate surface area is 123 Å². The Hall–Kier alpha value is -1.77. The van der Waals surface area contributed by atoms with Crippen molar-refractivity contribution in [3.8, 4) is 6.07 Å². The van der Waals surface area contributed by atoms with Crippen LogP contribution in [0.5, 0.6) is 0 Å². The van der Waals surface area contributed by atoms with Crippen molar-refractivity contribution < 1.29 is 13.2 Å². The monoisotopic (exact) mass is 299 g/mol. The number of aromatic nitrogens is 1. The van der Waals surface area contributed by atoms with Crippen molar-refractivity contribution in [2.24, 2.45) is 5.92 Å². The van der Waals surface area contributed by atoms with Gasteiger partial charge in [-0.15, -0.1) is 0 Å². The molecule has 0 amide bonds. The molecule has 1 heterocycles. The van der Waals surface area contributed by atoms with Gasteiger partial charge in [0.15, 0.2) is 0 Å². The van der Waals surface area contributed by atoms with Crippen LogP contribution in [-0.4, -0.2) is 18.1 Å². The number of hydrogen-bond acceptors (Lipinski definition) is 3. The highest BCUT2D eigenvalue weighted by Gasteiger charge is 2.33. The third-order valence-electron chi connectivity index (χ3n) is 3.60. The molecule has 0 N–H and O–H groups in total. The molecule has 0 saturated carbocycles. The van der Waals surface area contributed by atoms with Gasteiger partial charge in [-0.2, -0.15) is 18.4 Å². The first-order valence-corrected chi connectivity index (χ1v) is 7.10. The van der Waals surface area contributed by atoms with Gasteiger partial charge >= 0.3 is 6.18 Å². The van der Waals surface area contributed by atoms with Gasteiger partial charge in [-0.05, 0) is 25.0 Å². The zero-order valence-corrected chi connectivity index (χ0v) is 12.5. The van der Waals surface area contributed by atoms with E-state index in [0.717, 1.165) is 18.9 Å². The van der Waals surface area contributed by atoms with Crippen LogP contribution >= 0.6 is 0 Å². The zero-order chi connectivity index (χ0) is 16.0. The number of nitrogens with zero attached hydrogens (tertiary/aromatic N) is 3. The summed E-state index contributed by atoms with van der Waals surface area (Å²) < 4.78 is 38.4. The highest BCUT2D eigenvalue weighted by Crippen LogP contribution is 2.30. The van der Waals surface area contributed by atoms with Crippen LogP contribution in [0.3, 0.4) is 0 Å². The van der Waals surface area contributed by atoms with Crippen molar-refractivity contribution in [2.75, 3.05) is 18.0 Å². The highest BCUT2D eigenvalue weighted by molar-refractivity contribution is 5.54. The highest BCUT2D eigenvalue weighted by atomic mass is 19.4. The van der Waals surface area contributed by atoms with E-state index in [0.29, 0.717) is 19.0 Å². The van der Waals surface area contributed by atoms with E-state index in [-0.39, 0.29) is 11.4 Å². The molecule has 0 aromatic carbocycles. The molecule has 0 aliphatic heterocycles. The van der Waals surface area contributed by atoms with Gasteiger partial charge < -0.3 is 4.90 Å². The molecule has 0 aliphatic carbocycles.